The average molecular weight is 583 g/mol. The van der Waals surface area contributed by atoms with Crippen molar-refractivity contribution in [3.63, 3.8) is 0 Å². The normalized spacial score (nSPS) is 20.2. The summed E-state index contributed by atoms with van der Waals surface area (Å²) in [5.74, 6) is -4.00. The molecule has 1 saturated carbocycles. The molecule has 220 valence electrons. The number of rotatable bonds is 7. The number of nitrogens with one attached hydrogen (secondary N) is 1. The lowest BCUT2D eigenvalue weighted by Crippen LogP contribution is -2.48. The van der Waals surface area contributed by atoms with Crippen molar-refractivity contribution in [3.8, 4) is 11.1 Å². The number of benzene rings is 3. The van der Waals surface area contributed by atoms with Gasteiger partial charge in [0.1, 0.15) is 17.7 Å². The van der Waals surface area contributed by atoms with Gasteiger partial charge >= 0.3 is 18.0 Å². The fraction of sp³-hybridized carbons (Fsp3) is 0.303. The first-order valence-electron chi connectivity index (χ1n) is 14.0. The Bertz CT molecular complexity index is 1590. The monoisotopic (exact) mass is 582 g/mol. The van der Waals surface area contributed by atoms with Crippen molar-refractivity contribution in [2.45, 2.75) is 50.7 Å². The van der Waals surface area contributed by atoms with E-state index < -0.39 is 46.9 Å². The minimum atomic E-state index is -1.53. The predicted octanol–water partition coefficient (Wildman–Crippen LogP) is 4.77. The summed E-state index contributed by atoms with van der Waals surface area (Å²) in [4.78, 5) is 69.6. The highest BCUT2D eigenvalue weighted by molar-refractivity contribution is 6.20. The Hall–Kier alpha value is -4.99. The maximum absolute atomic E-state index is 13.3. The summed E-state index contributed by atoms with van der Waals surface area (Å²) < 4.78 is 11.2. The summed E-state index contributed by atoms with van der Waals surface area (Å²) in [6, 6.07) is 22.0. The molecule has 1 N–H and O–H groups in total. The lowest BCUT2D eigenvalue weighted by Gasteiger charge is -2.25. The Morgan fingerprint density at radius 1 is 0.837 bits per heavy atom. The van der Waals surface area contributed by atoms with Crippen LogP contribution in [0.15, 0.2) is 72.8 Å². The Morgan fingerprint density at radius 2 is 1.35 bits per heavy atom. The number of alkyl carbamates (subject to hydrolysis) is 1. The van der Waals surface area contributed by atoms with Crippen molar-refractivity contribution in [2.75, 3.05) is 6.61 Å². The van der Waals surface area contributed by atoms with Gasteiger partial charge in [-0.25, -0.2) is 14.4 Å². The van der Waals surface area contributed by atoms with Gasteiger partial charge in [0.05, 0.1) is 17.5 Å². The van der Waals surface area contributed by atoms with Crippen molar-refractivity contribution in [2.24, 2.45) is 5.92 Å². The van der Waals surface area contributed by atoms with E-state index in [1.165, 1.54) is 12.1 Å². The molecule has 1 aliphatic heterocycles. The quantitative estimate of drug-likeness (QED) is 0.312. The van der Waals surface area contributed by atoms with Gasteiger partial charge in [0.15, 0.2) is 0 Å². The molecule has 6 rings (SSSR count). The fourth-order valence-electron chi connectivity index (χ4n) is 5.81. The zero-order valence-corrected chi connectivity index (χ0v) is 23.9. The standard InChI is InChI=1S/C33H30N2O8/c1-32(2,3)42-30(39)33(17-19(33)16-27(36)43-35-28(37)24-14-8-9-15-25(24)29(35)38)34-31(40)41-18-26-22-12-6-4-10-20(22)21-11-5-7-13-23(21)26/h4-15,19,26H,16-18H2,1-3H3,(H,34,40)/t19-,33?/m1/s1. The molecule has 3 aromatic carbocycles. The van der Waals surface area contributed by atoms with Gasteiger partial charge in [0.25, 0.3) is 11.8 Å². The summed E-state index contributed by atoms with van der Waals surface area (Å²) in [6.45, 7) is 5.12. The summed E-state index contributed by atoms with van der Waals surface area (Å²) in [7, 11) is 0. The number of carbonyl (C=O) groups excluding carboxylic acids is 5. The Labute approximate surface area is 247 Å². The van der Waals surface area contributed by atoms with E-state index >= 15 is 0 Å². The van der Waals surface area contributed by atoms with Gasteiger partial charge in [-0.15, -0.1) is 0 Å². The molecule has 0 saturated heterocycles. The number of fused-ring (bicyclic) bond motifs is 4. The number of esters is 1. The number of hydroxylamine groups is 2. The second-order valence-corrected chi connectivity index (χ2v) is 11.9. The average Bonchev–Trinajstić information content (AvgIpc) is 3.48. The van der Waals surface area contributed by atoms with Crippen molar-refractivity contribution in [1.82, 2.24) is 10.4 Å². The number of hydrogen-bond donors (Lipinski definition) is 1. The summed E-state index contributed by atoms with van der Waals surface area (Å²) in [5.41, 5.74) is 2.11. The lowest BCUT2D eigenvalue weighted by atomic mass is 9.98. The number of hydrogen-bond acceptors (Lipinski definition) is 8. The minimum Gasteiger partial charge on any atom is -0.458 e. The molecule has 3 amide bonds. The number of ether oxygens (including phenoxy) is 2. The van der Waals surface area contributed by atoms with E-state index in [2.05, 4.69) is 5.32 Å². The van der Waals surface area contributed by atoms with Crippen LogP contribution in [0, 0.1) is 5.92 Å². The molecular formula is C33H30N2O8. The van der Waals surface area contributed by atoms with Gasteiger partial charge in [-0.1, -0.05) is 65.7 Å². The molecule has 0 radical (unpaired) electrons. The van der Waals surface area contributed by atoms with Crippen LogP contribution in [0.1, 0.15) is 71.4 Å². The van der Waals surface area contributed by atoms with Crippen LogP contribution in [0.5, 0.6) is 0 Å². The summed E-state index contributed by atoms with van der Waals surface area (Å²) in [6.07, 6.45) is -1.09. The van der Waals surface area contributed by atoms with E-state index in [1.54, 1.807) is 32.9 Å². The third-order valence-corrected chi connectivity index (χ3v) is 7.90. The van der Waals surface area contributed by atoms with E-state index in [0.717, 1.165) is 22.3 Å². The van der Waals surface area contributed by atoms with Crippen LogP contribution in [-0.2, 0) is 23.9 Å². The molecule has 1 unspecified atom stereocenters. The molecule has 0 bridgehead atoms. The van der Waals surface area contributed by atoms with Gasteiger partial charge in [-0.05, 0) is 61.6 Å². The van der Waals surface area contributed by atoms with Gasteiger partial charge in [-0.2, -0.15) is 0 Å². The van der Waals surface area contributed by atoms with Gasteiger partial charge in [0, 0.05) is 11.8 Å². The number of carbonyl (C=O) groups is 5. The van der Waals surface area contributed by atoms with E-state index in [9.17, 15) is 24.0 Å². The van der Waals surface area contributed by atoms with Crippen LogP contribution in [0.2, 0.25) is 0 Å². The Kier molecular flexibility index (Phi) is 6.79. The van der Waals surface area contributed by atoms with Gasteiger partial charge < -0.3 is 19.6 Å². The zero-order valence-electron chi connectivity index (χ0n) is 23.9. The highest BCUT2D eigenvalue weighted by Gasteiger charge is 2.64. The van der Waals surface area contributed by atoms with Gasteiger partial charge in [-0.3, -0.25) is 9.59 Å². The first-order chi connectivity index (χ1) is 20.5. The fourth-order valence-corrected chi connectivity index (χ4v) is 5.81. The van der Waals surface area contributed by atoms with Gasteiger partial charge in [0.2, 0.25) is 0 Å². The SMILES string of the molecule is CC(C)(C)OC(=O)C1(NC(=O)OCC2c3ccccc3-c3ccccc32)C[C@H]1CC(=O)ON1C(=O)c2ccccc2C1=O. The molecule has 1 fully saturated rings. The van der Waals surface area contributed by atoms with Crippen LogP contribution >= 0.6 is 0 Å². The second-order valence-electron chi connectivity index (χ2n) is 11.9. The summed E-state index contributed by atoms with van der Waals surface area (Å²) >= 11 is 0. The Morgan fingerprint density at radius 3 is 1.88 bits per heavy atom. The van der Waals surface area contributed by atoms with Crippen molar-refractivity contribution < 1.29 is 38.3 Å². The highest BCUT2D eigenvalue weighted by Crippen LogP contribution is 2.48. The highest BCUT2D eigenvalue weighted by atomic mass is 16.7. The van der Waals surface area contributed by atoms with E-state index in [4.69, 9.17) is 14.3 Å². The molecule has 0 aromatic heterocycles. The predicted molar refractivity (Wildman–Crippen MR) is 153 cm³/mol. The molecule has 10 heteroatoms. The van der Waals surface area contributed by atoms with Crippen LogP contribution in [0.3, 0.4) is 0 Å². The topological polar surface area (TPSA) is 128 Å². The third-order valence-electron chi connectivity index (χ3n) is 7.90. The first kappa shape index (κ1) is 28.1. The van der Waals surface area contributed by atoms with Crippen LogP contribution in [0.4, 0.5) is 4.79 Å². The number of imide groups is 1. The lowest BCUT2D eigenvalue weighted by molar-refractivity contribution is -0.169. The van der Waals surface area contributed by atoms with Crippen molar-refractivity contribution >= 4 is 29.8 Å². The minimum absolute atomic E-state index is 0.0384. The maximum Gasteiger partial charge on any atom is 0.408 e. The molecule has 10 nitrogen and oxygen atoms in total. The molecule has 2 aliphatic carbocycles. The van der Waals surface area contributed by atoms with E-state index in [1.807, 2.05) is 48.5 Å². The molecule has 3 aliphatic rings. The van der Waals surface area contributed by atoms with Crippen molar-refractivity contribution in [3.05, 3.63) is 95.1 Å². The number of amides is 3. The number of nitrogens with zero attached hydrogens (tertiary/aromatic N) is 1. The van der Waals surface area contributed by atoms with E-state index in [0.29, 0.717) is 5.06 Å². The van der Waals surface area contributed by atoms with E-state index in [-0.39, 0.29) is 36.5 Å². The molecule has 2 atom stereocenters. The molecule has 1 heterocycles. The largest absolute Gasteiger partial charge is 0.458 e. The molecule has 0 spiro atoms. The summed E-state index contributed by atoms with van der Waals surface area (Å²) in [5, 5.41) is 3.07. The molecular weight excluding hydrogens is 552 g/mol. The second kappa shape index (κ2) is 10.4. The van der Waals surface area contributed by atoms with Crippen LogP contribution in [0.25, 0.3) is 11.1 Å². The molecule has 43 heavy (non-hydrogen) atoms. The smallest absolute Gasteiger partial charge is 0.408 e. The Balaban J connectivity index is 1.13. The first-order valence-corrected chi connectivity index (χ1v) is 14.0. The third kappa shape index (κ3) is 5.13. The van der Waals surface area contributed by atoms with Crippen molar-refractivity contribution in [1.29, 1.82) is 0 Å². The zero-order chi connectivity index (χ0) is 30.5. The molecule has 3 aromatic rings. The maximum atomic E-state index is 13.3. The van der Waals surface area contributed by atoms with Crippen LogP contribution in [-0.4, -0.2) is 52.7 Å². The van der Waals surface area contributed by atoms with Crippen LogP contribution < -0.4 is 5.32 Å².